The molecule has 25 heavy (non-hydrogen) atoms. The molecule has 4 aromatic rings. The van der Waals surface area contributed by atoms with Gasteiger partial charge in [-0.05, 0) is 19.1 Å². The van der Waals surface area contributed by atoms with E-state index < -0.39 is 0 Å². The number of nitrogens with zero attached hydrogens (tertiary/aromatic N) is 3. The van der Waals surface area contributed by atoms with E-state index in [0.29, 0.717) is 0 Å². The number of benzene rings is 2. The summed E-state index contributed by atoms with van der Waals surface area (Å²) in [7, 11) is 0. The molecule has 0 aliphatic carbocycles. The Balaban J connectivity index is 1.98. The summed E-state index contributed by atoms with van der Waals surface area (Å²) in [6.07, 6.45) is 3.56. The lowest BCUT2D eigenvalue weighted by Crippen LogP contribution is -2.00. The molecule has 0 fully saturated rings. The maximum atomic E-state index is 5.00. The van der Waals surface area contributed by atoms with E-state index in [4.69, 9.17) is 9.97 Å². The fourth-order valence-corrected chi connectivity index (χ4v) is 2.90. The van der Waals surface area contributed by atoms with Crippen LogP contribution in [0.3, 0.4) is 0 Å². The van der Waals surface area contributed by atoms with Gasteiger partial charge in [0.15, 0.2) is 0 Å². The van der Waals surface area contributed by atoms with Gasteiger partial charge in [0.05, 0.1) is 22.8 Å². The van der Waals surface area contributed by atoms with Crippen LogP contribution in [0.15, 0.2) is 85.2 Å². The van der Waals surface area contributed by atoms with Crippen LogP contribution in [0.1, 0.15) is 5.69 Å². The molecule has 0 radical (unpaired) electrons. The number of pyridine rings is 1. The number of aryl methyl sites for hydroxylation is 1. The fourth-order valence-electron chi connectivity index (χ4n) is 2.90. The van der Waals surface area contributed by atoms with Crippen LogP contribution in [0.25, 0.3) is 33.8 Å². The van der Waals surface area contributed by atoms with Crippen molar-refractivity contribution < 1.29 is 0 Å². The Morgan fingerprint density at radius 2 is 1.00 bits per heavy atom. The van der Waals surface area contributed by atoms with Gasteiger partial charge < -0.3 is 0 Å². The zero-order valence-corrected chi connectivity index (χ0v) is 13.9. The van der Waals surface area contributed by atoms with Gasteiger partial charge in [-0.2, -0.15) is 0 Å². The van der Waals surface area contributed by atoms with Crippen LogP contribution in [0.5, 0.6) is 0 Å². The molecule has 0 unspecified atom stereocenters. The van der Waals surface area contributed by atoms with Crippen molar-refractivity contribution in [1.29, 1.82) is 0 Å². The van der Waals surface area contributed by atoms with E-state index in [2.05, 4.69) is 29.2 Å². The first-order valence-electron chi connectivity index (χ1n) is 8.23. The van der Waals surface area contributed by atoms with Gasteiger partial charge in [0.2, 0.25) is 0 Å². The van der Waals surface area contributed by atoms with Crippen molar-refractivity contribution in [2.24, 2.45) is 0 Å². The van der Waals surface area contributed by atoms with Crippen molar-refractivity contribution in [2.75, 3.05) is 0 Å². The van der Waals surface area contributed by atoms with Gasteiger partial charge in [-0.15, -0.1) is 0 Å². The summed E-state index contributed by atoms with van der Waals surface area (Å²) in [4.78, 5) is 14.0. The first-order valence-corrected chi connectivity index (χ1v) is 8.23. The minimum atomic E-state index is 0.890. The van der Waals surface area contributed by atoms with Crippen LogP contribution in [0, 0.1) is 6.92 Å². The Bertz CT molecular complexity index is 982. The van der Waals surface area contributed by atoms with Crippen LogP contribution < -0.4 is 0 Å². The van der Waals surface area contributed by atoms with Crippen LogP contribution in [0.4, 0.5) is 0 Å². The van der Waals surface area contributed by atoms with Crippen molar-refractivity contribution in [2.45, 2.75) is 6.92 Å². The van der Waals surface area contributed by atoms with Gasteiger partial charge in [0, 0.05) is 29.1 Å². The summed E-state index contributed by atoms with van der Waals surface area (Å²) >= 11 is 0. The highest BCUT2D eigenvalue weighted by Gasteiger charge is 2.15. The van der Waals surface area contributed by atoms with E-state index in [9.17, 15) is 0 Å². The number of hydrogen-bond donors (Lipinski definition) is 0. The standard InChI is InChI=1S/C22H17N3/c1-16-20(19-12-14-23-15-13-19)25-22(18-10-6-3-7-11-18)21(24-16)17-8-4-2-5-9-17/h2-15H,1H3. The summed E-state index contributed by atoms with van der Waals surface area (Å²) in [6.45, 7) is 2.00. The molecule has 2 heterocycles. The normalized spacial score (nSPS) is 10.6. The third-order valence-electron chi connectivity index (χ3n) is 4.12. The lowest BCUT2D eigenvalue weighted by molar-refractivity contribution is 1.13. The summed E-state index contributed by atoms with van der Waals surface area (Å²) in [5, 5.41) is 0. The molecule has 0 atom stereocenters. The topological polar surface area (TPSA) is 38.7 Å². The molecule has 3 nitrogen and oxygen atoms in total. The highest BCUT2D eigenvalue weighted by molar-refractivity contribution is 5.80. The number of rotatable bonds is 3. The Morgan fingerprint density at radius 3 is 1.56 bits per heavy atom. The highest BCUT2D eigenvalue weighted by Crippen LogP contribution is 2.32. The molecule has 2 aromatic carbocycles. The molecule has 0 N–H and O–H groups in total. The molecule has 0 bridgehead atoms. The van der Waals surface area contributed by atoms with Crippen molar-refractivity contribution in [3.8, 4) is 33.8 Å². The van der Waals surface area contributed by atoms with Crippen LogP contribution in [-0.4, -0.2) is 15.0 Å². The van der Waals surface area contributed by atoms with Crippen molar-refractivity contribution in [1.82, 2.24) is 15.0 Å². The summed E-state index contributed by atoms with van der Waals surface area (Å²) in [5.41, 5.74) is 6.75. The molecule has 2 aromatic heterocycles. The van der Waals surface area contributed by atoms with Gasteiger partial charge in [-0.3, -0.25) is 4.98 Å². The van der Waals surface area contributed by atoms with Gasteiger partial charge in [0.1, 0.15) is 0 Å². The second kappa shape index (κ2) is 6.65. The Hall–Kier alpha value is -3.33. The first kappa shape index (κ1) is 15.2. The highest BCUT2D eigenvalue weighted by atomic mass is 14.8. The van der Waals surface area contributed by atoms with Gasteiger partial charge >= 0.3 is 0 Å². The maximum Gasteiger partial charge on any atom is 0.0973 e. The smallest absolute Gasteiger partial charge is 0.0973 e. The monoisotopic (exact) mass is 323 g/mol. The SMILES string of the molecule is Cc1nc(-c2ccccc2)c(-c2ccccc2)nc1-c1ccncc1. The Morgan fingerprint density at radius 1 is 0.520 bits per heavy atom. The first-order chi connectivity index (χ1) is 12.3. The second-order valence-electron chi connectivity index (χ2n) is 5.82. The van der Waals surface area contributed by atoms with E-state index in [1.54, 1.807) is 12.4 Å². The molecule has 0 saturated heterocycles. The Labute approximate surface area is 147 Å². The van der Waals surface area contributed by atoms with Gasteiger partial charge in [0.25, 0.3) is 0 Å². The molecule has 0 saturated carbocycles. The largest absolute Gasteiger partial charge is 0.265 e. The zero-order valence-electron chi connectivity index (χ0n) is 13.9. The fraction of sp³-hybridized carbons (Fsp3) is 0.0455. The lowest BCUT2D eigenvalue weighted by Gasteiger charge is -2.13. The zero-order chi connectivity index (χ0) is 17.1. The number of aromatic nitrogens is 3. The molecule has 4 rings (SSSR count). The molecular weight excluding hydrogens is 306 g/mol. The van der Waals surface area contributed by atoms with E-state index in [1.807, 2.05) is 55.5 Å². The van der Waals surface area contributed by atoms with E-state index in [0.717, 1.165) is 39.5 Å². The molecular formula is C22H17N3. The second-order valence-corrected chi connectivity index (χ2v) is 5.82. The number of hydrogen-bond acceptors (Lipinski definition) is 3. The maximum absolute atomic E-state index is 5.00. The van der Waals surface area contributed by atoms with Gasteiger partial charge in [-0.1, -0.05) is 60.7 Å². The van der Waals surface area contributed by atoms with Crippen LogP contribution in [-0.2, 0) is 0 Å². The molecule has 3 heteroatoms. The average Bonchev–Trinajstić information content (AvgIpc) is 2.70. The molecule has 120 valence electrons. The third kappa shape index (κ3) is 3.04. The van der Waals surface area contributed by atoms with E-state index in [1.165, 1.54) is 0 Å². The summed E-state index contributed by atoms with van der Waals surface area (Å²) in [5.74, 6) is 0. The van der Waals surface area contributed by atoms with Crippen molar-refractivity contribution in [3.05, 3.63) is 90.9 Å². The third-order valence-corrected chi connectivity index (χ3v) is 4.12. The Kier molecular flexibility index (Phi) is 4.05. The molecule has 0 aliphatic heterocycles. The van der Waals surface area contributed by atoms with Gasteiger partial charge in [-0.25, -0.2) is 9.97 Å². The quantitative estimate of drug-likeness (QED) is 0.521. The van der Waals surface area contributed by atoms with Crippen molar-refractivity contribution >= 4 is 0 Å². The van der Waals surface area contributed by atoms with Crippen LogP contribution >= 0.6 is 0 Å². The predicted molar refractivity (Wildman–Crippen MR) is 101 cm³/mol. The van der Waals surface area contributed by atoms with E-state index in [-0.39, 0.29) is 0 Å². The molecule has 0 spiro atoms. The predicted octanol–water partition coefficient (Wildman–Crippen LogP) is 5.18. The summed E-state index contributed by atoms with van der Waals surface area (Å²) in [6, 6.07) is 24.3. The summed E-state index contributed by atoms with van der Waals surface area (Å²) < 4.78 is 0. The van der Waals surface area contributed by atoms with Crippen molar-refractivity contribution in [3.63, 3.8) is 0 Å². The average molecular weight is 323 g/mol. The lowest BCUT2D eigenvalue weighted by atomic mass is 10.0. The van der Waals surface area contributed by atoms with E-state index >= 15 is 0 Å². The molecule has 0 aliphatic rings. The molecule has 0 amide bonds. The minimum Gasteiger partial charge on any atom is -0.265 e. The minimum absolute atomic E-state index is 0.890. The van der Waals surface area contributed by atoms with Crippen LogP contribution in [0.2, 0.25) is 0 Å².